The van der Waals surface area contributed by atoms with Crippen molar-refractivity contribution in [2.45, 2.75) is 33.1 Å². The molecule has 0 spiro atoms. The van der Waals surface area contributed by atoms with Gasteiger partial charge in [0.25, 0.3) is 0 Å². The highest BCUT2D eigenvalue weighted by Crippen LogP contribution is 2.22. The third-order valence-electron chi connectivity index (χ3n) is 1.79. The van der Waals surface area contributed by atoms with Crippen LogP contribution < -0.4 is 0 Å². The lowest BCUT2D eigenvalue weighted by atomic mass is 9.86. The lowest BCUT2D eigenvalue weighted by Gasteiger charge is -2.19. The van der Waals surface area contributed by atoms with E-state index in [4.69, 9.17) is 1.37 Å². The van der Waals surface area contributed by atoms with Crippen molar-refractivity contribution < 1.29 is 1.37 Å². The van der Waals surface area contributed by atoms with Gasteiger partial charge in [0.05, 0.1) is 0 Å². The Hall–Kier alpha value is -0.780. The van der Waals surface area contributed by atoms with Crippen LogP contribution in [0.15, 0.2) is 24.3 Å². The third-order valence-corrected chi connectivity index (χ3v) is 1.79. The summed E-state index contributed by atoms with van der Waals surface area (Å²) in [7, 11) is 0. The topological polar surface area (TPSA) is 0 Å². The fraction of sp³-hybridized carbons (Fsp3) is 0.455. The molecular formula is C11H16. The Labute approximate surface area is 70.7 Å². The van der Waals surface area contributed by atoms with Gasteiger partial charge < -0.3 is 0 Å². The molecule has 0 aliphatic heterocycles. The summed E-state index contributed by atoms with van der Waals surface area (Å²) in [5.74, 6) is 0. The maximum absolute atomic E-state index is 7.24. The molecule has 1 aromatic carbocycles. The van der Waals surface area contributed by atoms with Crippen LogP contribution in [-0.4, -0.2) is 0 Å². The molecule has 0 unspecified atom stereocenters. The molecule has 0 aliphatic carbocycles. The molecule has 0 heterocycles. The lowest BCUT2D eigenvalue weighted by Crippen LogP contribution is -2.10. The fourth-order valence-corrected chi connectivity index (χ4v) is 1.04. The van der Waals surface area contributed by atoms with Crippen molar-refractivity contribution in [2.75, 3.05) is 0 Å². The minimum absolute atomic E-state index is 0.200. The summed E-state index contributed by atoms with van der Waals surface area (Å²) in [6.45, 7) is 6.95. The standard InChI is InChI=1S/C11H16/c1-9-6-5-7-10(8-9)11(2,3)4/h5-8H,1-4H3/i1D. The van der Waals surface area contributed by atoms with Gasteiger partial charge in [-0.1, -0.05) is 50.6 Å². The van der Waals surface area contributed by atoms with Gasteiger partial charge in [-0.3, -0.25) is 0 Å². The zero-order chi connectivity index (χ0) is 9.19. The maximum atomic E-state index is 7.24. The number of benzene rings is 1. The summed E-state index contributed by atoms with van der Waals surface area (Å²) in [5.41, 5.74) is 2.61. The van der Waals surface area contributed by atoms with E-state index < -0.39 is 0 Å². The Kier molecular flexibility index (Phi) is 1.69. The molecule has 0 atom stereocenters. The van der Waals surface area contributed by atoms with Crippen LogP contribution >= 0.6 is 0 Å². The predicted molar refractivity (Wildman–Crippen MR) is 49.9 cm³/mol. The Morgan fingerprint density at radius 2 is 2.00 bits per heavy atom. The summed E-state index contributed by atoms with van der Waals surface area (Å²) < 4.78 is 7.24. The van der Waals surface area contributed by atoms with E-state index in [1.165, 1.54) is 5.56 Å². The number of rotatable bonds is 0. The summed E-state index contributed by atoms with van der Waals surface area (Å²) >= 11 is 0. The molecule has 0 heteroatoms. The first-order valence-corrected chi connectivity index (χ1v) is 3.92. The molecule has 0 aliphatic rings. The molecule has 0 amide bonds. The SMILES string of the molecule is [2H]Cc1cccc(C(C)(C)C)c1. The summed E-state index contributed by atoms with van der Waals surface area (Å²) in [5, 5.41) is 0. The molecule has 11 heavy (non-hydrogen) atoms. The highest BCUT2D eigenvalue weighted by molar-refractivity contribution is 5.27. The van der Waals surface area contributed by atoms with E-state index in [1.54, 1.807) is 0 Å². The molecule has 0 radical (unpaired) electrons. The van der Waals surface area contributed by atoms with Gasteiger partial charge >= 0.3 is 0 Å². The molecule has 0 aromatic heterocycles. The van der Waals surface area contributed by atoms with Gasteiger partial charge in [-0.2, -0.15) is 0 Å². The summed E-state index contributed by atoms with van der Waals surface area (Å²) in [6, 6.07) is 8.28. The molecule has 0 bridgehead atoms. The van der Waals surface area contributed by atoms with Gasteiger partial charge in [0, 0.05) is 1.37 Å². The Bertz CT molecular complexity index is 258. The first-order chi connectivity index (χ1) is 5.54. The molecule has 0 saturated heterocycles. The van der Waals surface area contributed by atoms with E-state index in [2.05, 4.69) is 32.9 Å². The minimum Gasteiger partial charge on any atom is -0.0617 e. The molecule has 0 nitrogen and oxygen atoms in total. The van der Waals surface area contributed by atoms with Gasteiger partial charge in [0.2, 0.25) is 0 Å². The van der Waals surface area contributed by atoms with E-state index in [0.29, 0.717) is 6.90 Å². The number of aryl methyl sites for hydroxylation is 1. The van der Waals surface area contributed by atoms with Crippen molar-refractivity contribution in [2.24, 2.45) is 0 Å². The lowest BCUT2D eigenvalue weighted by molar-refractivity contribution is 0.590. The van der Waals surface area contributed by atoms with Crippen LogP contribution in [0.1, 0.15) is 33.3 Å². The Morgan fingerprint density at radius 1 is 1.27 bits per heavy atom. The summed E-state index contributed by atoms with van der Waals surface area (Å²) in [6.07, 6.45) is 0. The second kappa shape index (κ2) is 2.69. The predicted octanol–water partition coefficient (Wildman–Crippen LogP) is 3.29. The van der Waals surface area contributed by atoms with Crippen LogP contribution in [0.3, 0.4) is 0 Å². The zero-order valence-electron chi connectivity index (χ0n) is 8.52. The van der Waals surface area contributed by atoms with Crippen molar-refractivity contribution in [1.29, 1.82) is 0 Å². The molecule has 0 saturated carbocycles. The summed E-state index contributed by atoms with van der Waals surface area (Å²) in [4.78, 5) is 0. The monoisotopic (exact) mass is 149 g/mol. The van der Waals surface area contributed by atoms with Gasteiger partial charge in [0.1, 0.15) is 0 Å². The molecule has 1 rings (SSSR count). The van der Waals surface area contributed by atoms with Gasteiger partial charge in [0.15, 0.2) is 0 Å². The second-order valence-corrected chi connectivity index (χ2v) is 3.95. The van der Waals surface area contributed by atoms with Crippen molar-refractivity contribution in [1.82, 2.24) is 0 Å². The van der Waals surface area contributed by atoms with Crippen molar-refractivity contribution in [3.63, 3.8) is 0 Å². The van der Waals surface area contributed by atoms with E-state index in [-0.39, 0.29) is 5.41 Å². The highest BCUT2D eigenvalue weighted by atomic mass is 14.2. The third kappa shape index (κ3) is 2.07. The van der Waals surface area contributed by atoms with Gasteiger partial charge in [-0.15, -0.1) is 0 Å². The molecule has 1 aromatic rings. The molecule has 0 N–H and O–H groups in total. The van der Waals surface area contributed by atoms with Crippen LogP contribution in [0, 0.1) is 6.90 Å². The van der Waals surface area contributed by atoms with E-state index in [0.717, 1.165) is 5.56 Å². The zero-order valence-corrected chi connectivity index (χ0v) is 7.52. The van der Waals surface area contributed by atoms with Crippen LogP contribution in [0.2, 0.25) is 0 Å². The Balaban J connectivity index is 3.02. The van der Waals surface area contributed by atoms with Crippen molar-refractivity contribution >= 4 is 0 Å². The average Bonchev–Trinajstić information content (AvgIpc) is 2.03. The van der Waals surface area contributed by atoms with Crippen molar-refractivity contribution in [3.8, 4) is 0 Å². The van der Waals surface area contributed by atoms with Crippen LogP contribution in [-0.2, 0) is 5.41 Å². The normalized spacial score (nSPS) is 12.8. The maximum Gasteiger partial charge on any atom is 0.0280 e. The molecular weight excluding hydrogens is 132 g/mol. The number of hydrogen-bond acceptors (Lipinski definition) is 0. The first-order valence-electron chi connectivity index (χ1n) is 4.63. The number of hydrogen-bond donors (Lipinski definition) is 0. The quantitative estimate of drug-likeness (QED) is 0.531. The Morgan fingerprint density at radius 3 is 2.55 bits per heavy atom. The molecule has 60 valence electrons. The fourth-order valence-electron chi connectivity index (χ4n) is 1.04. The van der Waals surface area contributed by atoms with E-state index >= 15 is 0 Å². The average molecular weight is 149 g/mol. The van der Waals surface area contributed by atoms with Crippen LogP contribution in [0.4, 0.5) is 0 Å². The second-order valence-electron chi connectivity index (χ2n) is 3.95. The highest BCUT2D eigenvalue weighted by Gasteiger charge is 2.12. The van der Waals surface area contributed by atoms with Gasteiger partial charge in [-0.25, -0.2) is 0 Å². The van der Waals surface area contributed by atoms with E-state index in [1.807, 2.05) is 12.1 Å². The van der Waals surface area contributed by atoms with Crippen molar-refractivity contribution in [3.05, 3.63) is 35.4 Å². The smallest absolute Gasteiger partial charge is 0.0280 e. The first kappa shape index (κ1) is 6.90. The van der Waals surface area contributed by atoms with Gasteiger partial charge in [-0.05, 0) is 17.9 Å². The van der Waals surface area contributed by atoms with Crippen LogP contribution in [0.25, 0.3) is 0 Å². The minimum atomic E-state index is 0.200. The van der Waals surface area contributed by atoms with Crippen LogP contribution in [0.5, 0.6) is 0 Å². The largest absolute Gasteiger partial charge is 0.0617 e. The van der Waals surface area contributed by atoms with E-state index in [9.17, 15) is 0 Å². The molecule has 0 fully saturated rings.